The second-order valence-corrected chi connectivity index (χ2v) is 4.59. The molecule has 0 aliphatic carbocycles. The summed E-state index contributed by atoms with van der Waals surface area (Å²) in [7, 11) is 0. The van der Waals surface area contributed by atoms with E-state index < -0.39 is 5.91 Å². The van der Waals surface area contributed by atoms with Gasteiger partial charge in [0.2, 0.25) is 0 Å². The fourth-order valence-electron chi connectivity index (χ4n) is 1.49. The number of rotatable bonds is 4. The van der Waals surface area contributed by atoms with Gasteiger partial charge in [0, 0.05) is 0 Å². The Morgan fingerprint density at radius 3 is 2.53 bits per heavy atom. The van der Waals surface area contributed by atoms with Crippen LogP contribution in [0.3, 0.4) is 0 Å². The Morgan fingerprint density at radius 2 is 1.79 bits per heavy atom. The van der Waals surface area contributed by atoms with Gasteiger partial charge in [-0.05, 0) is 17.7 Å². The first-order valence-electron chi connectivity index (χ1n) is 5.58. The van der Waals surface area contributed by atoms with Crippen molar-refractivity contribution in [1.29, 1.82) is 0 Å². The molecule has 0 bridgehead atoms. The molecule has 5 heteroatoms. The minimum Gasteiger partial charge on any atom is -0.269 e. The zero-order valence-electron chi connectivity index (χ0n) is 9.90. The van der Waals surface area contributed by atoms with Gasteiger partial charge in [0.25, 0.3) is 5.91 Å². The Bertz CT molecular complexity index is 573. The van der Waals surface area contributed by atoms with Crippen molar-refractivity contribution in [2.24, 2.45) is 0 Å². The van der Waals surface area contributed by atoms with Gasteiger partial charge in [-0.1, -0.05) is 59.6 Å². The highest BCUT2D eigenvalue weighted by Gasteiger charge is 2.12. The van der Waals surface area contributed by atoms with E-state index in [0.29, 0.717) is 5.02 Å². The highest BCUT2D eigenvalue weighted by atomic mass is 35.5. The van der Waals surface area contributed by atoms with Crippen molar-refractivity contribution in [2.75, 3.05) is 0 Å². The van der Waals surface area contributed by atoms with Gasteiger partial charge >= 0.3 is 0 Å². The van der Waals surface area contributed by atoms with Crippen LogP contribution in [-0.4, -0.2) is 5.91 Å². The molecule has 0 heterocycles. The molecule has 1 N–H and O–H groups in total. The number of hydrogen-bond donors (Lipinski definition) is 1. The standard InChI is InChI=1S/C14H11Cl2NO2/c15-12-8-4-7-11(13(12)16)14(18)17-19-9-10-5-2-1-3-6-10/h1-8H,9H2,(H,17,18). The molecule has 1 amide bonds. The molecule has 98 valence electrons. The van der Waals surface area contributed by atoms with Crippen molar-refractivity contribution in [3.63, 3.8) is 0 Å². The van der Waals surface area contributed by atoms with Crippen molar-refractivity contribution >= 4 is 29.1 Å². The molecule has 0 aromatic heterocycles. The van der Waals surface area contributed by atoms with Gasteiger partial charge in [-0.3, -0.25) is 9.63 Å². The fraction of sp³-hybridized carbons (Fsp3) is 0.0714. The first kappa shape index (κ1) is 13.9. The average molecular weight is 296 g/mol. The van der Waals surface area contributed by atoms with E-state index >= 15 is 0 Å². The van der Waals surface area contributed by atoms with E-state index in [9.17, 15) is 4.79 Å². The van der Waals surface area contributed by atoms with Crippen LogP contribution < -0.4 is 5.48 Å². The van der Waals surface area contributed by atoms with Crippen molar-refractivity contribution in [2.45, 2.75) is 6.61 Å². The lowest BCUT2D eigenvalue weighted by molar-refractivity contribution is 0.0233. The predicted molar refractivity (Wildman–Crippen MR) is 75.2 cm³/mol. The van der Waals surface area contributed by atoms with Crippen LogP contribution in [0.5, 0.6) is 0 Å². The summed E-state index contributed by atoms with van der Waals surface area (Å²) in [5.74, 6) is -0.427. The molecule has 0 unspecified atom stereocenters. The molecule has 0 radical (unpaired) electrons. The molecule has 2 rings (SSSR count). The van der Waals surface area contributed by atoms with Gasteiger partial charge < -0.3 is 0 Å². The second kappa shape index (κ2) is 6.57. The number of nitrogens with one attached hydrogen (secondary N) is 1. The Morgan fingerprint density at radius 1 is 1.05 bits per heavy atom. The maximum absolute atomic E-state index is 11.8. The van der Waals surface area contributed by atoms with Gasteiger partial charge in [-0.25, -0.2) is 5.48 Å². The maximum Gasteiger partial charge on any atom is 0.276 e. The number of carbonyl (C=O) groups is 1. The topological polar surface area (TPSA) is 38.3 Å². The van der Waals surface area contributed by atoms with Crippen LogP contribution in [-0.2, 0) is 11.4 Å². The zero-order valence-corrected chi connectivity index (χ0v) is 11.4. The molecule has 0 aliphatic heterocycles. The molecule has 2 aromatic carbocycles. The number of hydrogen-bond acceptors (Lipinski definition) is 2. The fourth-order valence-corrected chi connectivity index (χ4v) is 1.88. The minimum absolute atomic E-state index is 0.213. The lowest BCUT2D eigenvalue weighted by Gasteiger charge is -2.07. The summed E-state index contributed by atoms with van der Waals surface area (Å²) in [5, 5.41) is 0.544. The van der Waals surface area contributed by atoms with Crippen LogP contribution in [0, 0.1) is 0 Å². The normalized spacial score (nSPS) is 10.2. The third-order valence-electron chi connectivity index (χ3n) is 2.44. The molecule has 0 aliphatic rings. The summed E-state index contributed by atoms with van der Waals surface area (Å²) in [6, 6.07) is 14.4. The van der Waals surface area contributed by atoms with E-state index in [-0.39, 0.29) is 17.2 Å². The first-order chi connectivity index (χ1) is 9.18. The highest BCUT2D eigenvalue weighted by Crippen LogP contribution is 2.25. The van der Waals surface area contributed by atoms with Crippen molar-refractivity contribution in [3.05, 3.63) is 69.7 Å². The smallest absolute Gasteiger partial charge is 0.269 e. The summed E-state index contributed by atoms with van der Waals surface area (Å²) < 4.78 is 0. The molecule has 19 heavy (non-hydrogen) atoms. The zero-order chi connectivity index (χ0) is 13.7. The van der Waals surface area contributed by atoms with Crippen molar-refractivity contribution in [3.8, 4) is 0 Å². The van der Waals surface area contributed by atoms with Gasteiger partial charge in [0.05, 0.1) is 22.2 Å². The van der Waals surface area contributed by atoms with Crippen LogP contribution in [0.2, 0.25) is 10.0 Å². The van der Waals surface area contributed by atoms with Crippen LogP contribution in [0.4, 0.5) is 0 Å². The lowest BCUT2D eigenvalue weighted by Crippen LogP contribution is -2.23. The van der Waals surface area contributed by atoms with Gasteiger partial charge in [-0.15, -0.1) is 0 Å². The Labute approximate surface area is 121 Å². The molecule has 2 aromatic rings. The van der Waals surface area contributed by atoms with E-state index in [1.54, 1.807) is 18.2 Å². The molecular formula is C14H11Cl2NO2. The molecule has 0 fully saturated rings. The first-order valence-corrected chi connectivity index (χ1v) is 6.34. The molecule has 3 nitrogen and oxygen atoms in total. The number of benzene rings is 2. The molecular weight excluding hydrogens is 285 g/mol. The second-order valence-electron chi connectivity index (χ2n) is 3.81. The van der Waals surface area contributed by atoms with Crippen LogP contribution in [0.1, 0.15) is 15.9 Å². The molecule has 0 atom stereocenters. The van der Waals surface area contributed by atoms with E-state index in [1.165, 1.54) is 0 Å². The molecule has 0 spiro atoms. The summed E-state index contributed by atoms with van der Waals surface area (Å²) >= 11 is 11.8. The quantitative estimate of drug-likeness (QED) is 0.870. The van der Waals surface area contributed by atoms with E-state index in [0.717, 1.165) is 5.56 Å². The van der Waals surface area contributed by atoms with E-state index in [1.807, 2.05) is 30.3 Å². The summed E-state index contributed by atoms with van der Waals surface area (Å²) in [5.41, 5.74) is 3.57. The summed E-state index contributed by atoms with van der Waals surface area (Å²) in [6.07, 6.45) is 0. The summed E-state index contributed by atoms with van der Waals surface area (Å²) in [4.78, 5) is 17.0. The lowest BCUT2D eigenvalue weighted by atomic mass is 10.2. The minimum atomic E-state index is -0.427. The average Bonchev–Trinajstić information content (AvgIpc) is 2.43. The maximum atomic E-state index is 11.8. The van der Waals surface area contributed by atoms with Crippen molar-refractivity contribution in [1.82, 2.24) is 5.48 Å². The number of hydroxylamine groups is 1. The van der Waals surface area contributed by atoms with Gasteiger partial charge in [0.15, 0.2) is 0 Å². The third-order valence-corrected chi connectivity index (χ3v) is 3.26. The number of halogens is 2. The van der Waals surface area contributed by atoms with Crippen LogP contribution in [0.25, 0.3) is 0 Å². The van der Waals surface area contributed by atoms with Gasteiger partial charge in [0.1, 0.15) is 0 Å². The number of amides is 1. The van der Waals surface area contributed by atoms with E-state index in [2.05, 4.69) is 5.48 Å². The monoisotopic (exact) mass is 295 g/mol. The molecule has 0 saturated heterocycles. The largest absolute Gasteiger partial charge is 0.276 e. The van der Waals surface area contributed by atoms with Gasteiger partial charge in [-0.2, -0.15) is 0 Å². The molecule has 0 saturated carbocycles. The number of carbonyl (C=O) groups excluding carboxylic acids is 1. The summed E-state index contributed by atoms with van der Waals surface area (Å²) in [6.45, 7) is 0.283. The van der Waals surface area contributed by atoms with Crippen LogP contribution in [0.15, 0.2) is 48.5 Å². The van der Waals surface area contributed by atoms with Crippen LogP contribution >= 0.6 is 23.2 Å². The Kier molecular flexibility index (Phi) is 4.80. The predicted octanol–water partition coefficient (Wildman–Crippen LogP) is 3.86. The van der Waals surface area contributed by atoms with Crippen molar-refractivity contribution < 1.29 is 9.63 Å². The highest BCUT2D eigenvalue weighted by molar-refractivity contribution is 6.43. The SMILES string of the molecule is O=C(NOCc1ccccc1)c1cccc(Cl)c1Cl. The third kappa shape index (κ3) is 3.70. The Balaban J connectivity index is 1.93. The van der Waals surface area contributed by atoms with E-state index in [4.69, 9.17) is 28.0 Å². The Hall–Kier alpha value is -1.55.